The normalized spacial score (nSPS) is 12.1. The molecular formula is C20H25BrN2O2. The lowest BCUT2D eigenvalue weighted by atomic mass is 10.2. The average Bonchev–Trinajstić information content (AvgIpc) is 2.58. The van der Waals surface area contributed by atoms with Gasteiger partial charge in [-0.05, 0) is 73.1 Å². The highest BCUT2D eigenvalue weighted by molar-refractivity contribution is 9.10. The van der Waals surface area contributed by atoms with Gasteiger partial charge in [-0.25, -0.2) is 0 Å². The number of amides is 1. The first-order valence-corrected chi connectivity index (χ1v) is 9.13. The van der Waals surface area contributed by atoms with Gasteiger partial charge in [0.25, 0.3) is 0 Å². The van der Waals surface area contributed by atoms with Gasteiger partial charge in [-0.15, -0.1) is 0 Å². The van der Waals surface area contributed by atoms with Crippen LogP contribution in [0.2, 0.25) is 0 Å². The number of carbonyl (C=O) groups excluding carboxylic acids is 1. The largest absolute Gasteiger partial charge is 0.492 e. The zero-order valence-electron chi connectivity index (χ0n) is 15.2. The summed E-state index contributed by atoms with van der Waals surface area (Å²) in [7, 11) is 1.93. The van der Waals surface area contributed by atoms with Gasteiger partial charge in [0.05, 0.1) is 11.7 Å². The molecule has 0 fully saturated rings. The number of nitrogens with one attached hydrogen (secondary N) is 1. The van der Waals surface area contributed by atoms with Crippen molar-refractivity contribution < 1.29 is 9.53 Å². The minimum absolute atomic E-state index is 0.0389. The van der Waals surface area contributed by atoms with Crippen LogP contribution in [0, 0.1) is 13.8 Å². The van der Waals surface area contributed by atoms with Crippen LogP contribution >= 0.6 is 15.9 Å². The molecule has 0 saturated heterocycles. The fourth-order valence-corrected chi connectivity index (χ4v) is 2.96. The third-order valence-electron chi connectivity index (χ3n) is 4.22. The molecular weight excluding hydrogens is 380 g/mol. The minimum atomic E-state index is -0.256. The van der Waals surface area contributed by atoms with Crippen molar-refractivity contribution in [3.05, 3.63) is 58.1 Å². The number of halogens is 1. The van der Waals surface area contributed by atoms with Crippen molar-refractivity contribution in [1.82, 2.24) is 4.90 Å². The molecule has 0 aliphatic heterocycles. The van der Waals surface area contributed by atoms with E-state index in [0.29, 0.717) is 13.2 Å². The summed E-state index contributed by atoms with van der Waals surface area (Å²) in [5.41, 5.74) is 3.04. The second-order valence-corrected chi connectivity index (χ2v) is 7.10. The zero-order chi connectivity index (χ0) is 18.4. The Bertz CT molecular complexity index is 733. The number of benzene rings is 2. The summed E-state index contributed by atoms with van der Waals surface area (Å²) >= 11 is 3.49. The molecule has 0 radical (unpaired) electrons. The van der Waals surface area contributed by atoms with Gasteiger partial charge in [-0.2, -0.15) is 0 Å². The molecule has 25 heavy (non-hydrogen) atoms. The fourth-order valence-electron chi connectivity index (χ4n) is 2.37. The molecule has 0 spiro atoms. The van der Waals surface area contributed by atoms with Crippen LogP contribution in [0.25, 0.3) is 0 Å². The topological polar surface area (TPSA) is 41.6 Å². The molecule has 0 bridgehead atoms. The molecule has 0 heterocycles. The summed E-state index contributed by atoms with van der Waals surface area (Å²) in [6.07, 6.45) is 0. The molecule has 0 saturated carbocycles. The quantitative estimate of drug-likeness (QED) is 0.742. The second kappa shape index (κ2) is 9.02. The Labute approximate surface area is 158 Å². The summed E-state index contributed by atoms with van der Waals surface area (Å²) in [6.45, 7) is 7.13. The van der Waals surface area contributed by atoms with E-state index in [1.54, 1.807) is 0 Å². The Morgan fingerprint density at radius 3 is 2.64 bits per heavy atom. The van der Waals surface area contributed by atoms with Gasteiger partial charge in [0, 0.05) is 11.0 Å². The van der Waals surface area contributed by atoms with E-state index < -0.39 is 0 Å². The maximum absolute atomic E-state index is 12.5. The number of hydrogen-bond donors (Lipinski definition) is 1. The number of para-hydroxylation sites is 1. The van der Waals surface area contributed by atoms with Gasteiger partial charge < -0.3 is 10.1 Å². The number of carbonyl (C=O) groups is 1. The van der Waals surface area contributed by atoms with E-state index in [9.17, 15) is 4.79 Å². The SMILES string of the molecule is Cc1ccc(NC(=O)C(C)N(C)CCOc2ccccc2C)c(Br)c1. The number of hydrogen-bond acceptors (Lipinski definition) is 3. The molecule has 5 heteroatoms. The molecule has 134 valence electrons. The number of anilines is 1. The summed E-state index contributed by atoms with van der Waals surface area (Å²) in [5.74, 6) is 0.847. The molecule has 0 aromatic heterocycles. The highest BCUT2D eigenvalue weighted by Gasteiger charge is 2.18. The first-order valence-electron chi connectivity index (χ1n) is 8.34. The molecule has 1 atom stereocenters. The molecule has 4 nitrogen and oxygen atoms in total. The Kier molecular flexibility index (Phi) is 7.02. The Hall–Kier alpha value is -1.85. The maximum Gasteiger partial charge on any atom is 0.241 e. The summed E-state index contributed by atoms with van der Waals surface area (Å²) in [4.78, 5) is 14.4. The van der Waals surface area contributed by atoms with Gasteiger partial charge in [-0.1, -0.05) is 24.3 Å². The molecule has 2 aromatic carbocycles. The third kappa shape index (κ3) is 5.58. The minimum Gasteiger partial charge on any atom is -0.492 e. The second-order valence-electron chi connectivity index (χ2n) is 6.24. The molecule has 0 aliphatic rings. The highest BCUT2D eigenvalue weighted by Crippen LogP contribution is 2.23. The van der Waals surface area contributed by atoms with Crippen molar-refractivity contribution in [2.24, 2.45) is 0 Å². The van der Waals surface area contributed by atoms with Crippen molar-refractivity contribution in [3.8, 4) is 5.75 Å². The van der Waals surface area contributed by atoms with Crippen LogP contribution in [0.3, 0.4) is 0 Å². The number of aryl methyl sites for hydroxylation is 2. The third-order valence-corrected chi connectivity index (χ3v) is 4.87. The van der Waals surface area contributed by atoms with Crippen molar-refractivity contribution in [3.63, 3.8) is 0 Å². The van der Waals surface area contributed by atoms with Gasteiger partial charge in [0.1, 0.15) is 12.4 Å². The monoisotopic (exact) mass is 404 g/mol. The van der Waals surface area contributed by atoms with Crippen molar-refractivity contribution >= 4 is 27.5 Å². The molecule has 1 N–H and O–H groups in total. The van der Waals surface area contributed by atoms with Crippen LogP contribution in [-0.2, 0) is 4.79 Å². The van der Waals surface area contributed by atoms with E-state index in [-0.39, 0.29) is 11.9 Å². The zero-order valence-corrected chi connectivity index (χ0v) is 16.8. The summed E-state index contributed by atoms with van der Waals surface area (Å²) in [6, 6.07) is 13.5. The first-order chi connectivity index (χ1) is 11.9. The van der Waals surface area contributed by atoms with Crippen LogP contribution < -0.4 is 10.1 Å². The van der Waals surface area contributed by atoms with Crippen molar-refractivity contribution in [1.29, 1.82) is 0 Å². The van der Waals surface area contributed by atoms with E-state index in [1.165, 1.54) is 0 Å². The van der Waals surface area contributed by atoms with E-state index in [4.69, 9.17) is 4.74 Å². The highest BCUT2D eigenvalue weighted by atomic mass is 79.9. The fraction of sp³-hybridized carbons (Fsp3) is 0.350. The van der Waals surface area contributed by atoms with Gasteiger partial charge in [0.2, 0.25) is 5.91 Å². The molecule has 2 aromatic rings. The van der Waals surface area contributed by atoms with E-state index in [0.717, 1.165) is 27.0 Å². The molecule has 2 rings (SSSR count). The standard InChI is InChI=1S/C20H25BrN2O2/c1-14-9-10-18(17(21)13-14)22-20(24)16(3)23(4)11-12-25-19-8-6-5-7-15(19)2/h5-10,13,16H,11-12H2,1-4H3,(H,22,24). The summed E-state index contributed by atoms with van der Waals surface area (Å²) in [5, 5.41) is 2.97. The van der Waals surface area contributed by atoms with Crippen LogP contribution in [0.5, 0.6) is 5.75 Å². The smallest absolute Gasteiger partial charge is 0.241 e. The van der Waals surface area contributed by atoms with Crippen LogP contribution in [0.4, 0.5) is 5.69 Å². The average molecular weight is 405 g/mol. The van der Waals surface area contributed by atoms with Crippen LogP contribution in [0.15, 0.2) is 46.9 Å². The van der Waals surface area contributed by atoms with E-state index in [1.807, 2.05) is 75.2 Å². The lowest BCUT2D eigenvalue weighted by molar-refractivity contribution is -0.120. The Balaban J connectivity index is 1.85. The lowest BCUT2D eigenvalue weighted by Gasteiger charge is -2.24. The van der Waals surface area contributed by atoms with Gasteiger partial charge in [-0.3, -0.25) is 9.69 Å². The molecule has 1 amide bonds. The number of likely N-dealkylation sites (N-methyl/N-ethyl adjacent to an activating group) is 1. The van der Waals surface area contributed by atoms with E-state index in [2.05, 4.69) is 21.2 Å². The number of rotatable bonds is 7. The van der Waals surface area contributed by atoms with Crippen LogP contribution in [0.1, 0.15) is 18.1 Å². The number of nitrogens with zero attached hydrogens (tertiary/aromatic N) is 1. The number of ether oxygens (including phenoxy) is 1. The van der Waals surface area contributed by atoms with Crippen molar-refractivity contribution in [2.75, 3.05) is 25.5 Å². The Morgan fingerprint density at radius 1 is 1.24 bits per heavy atom. The predicted octanol–water partition coefficient (Wildman–Crippen LogP) is 4.40. The molecule has 1 unspecified atom stereocenters. The van der Waals surface area contributed by atoms with E-state index >= 15 is 0 Å². The van der Waals surface area contributed by atoms with Crippen LogP contribution in [-0.4, -0.2) is 37.0 Å². The Morgan fingerprint density at radius 2 is 1.96 bits per heavy atom. The first kappa shape index (κ1) is 19.5. The van der Waals surface area contributed by atoms with Crippen molar-refractivity contribution in [2.45, 2.75) is 26.8 Å². The van der Waals surface area contributed by atoms with Gasteiger partial charge in [0.15, 0.2) is 0 Å². The lowest BCUT2D eigenvalue weighted by Crippen LogP contribution is -2.41. The predicted molar refractivity (Wildman–Crippen MR) is 106 cm³/mol. The summed E-state index contributed by atoms with van der Waals surface area (Å²) < 4.78 is 6.69. The van der Waals surface area contributed by atoms with Gasteiger partial charge >= 0.3 is 0 Å². The maximum atomic E-state index is 12.5. The molecule has 0 aliphatic carbocycles.